The van der Waals surface area contributed by atoms with Crippen molar-refractivity contribution >= 4 is 38.8 Å². The van der Waals surface area contributed by atoms with Gasteiger partial charge in [0, 0.05) is 24.1 Å². The first-order valence-electron chi connectivity index (χ1n) is 8.71. The fourth-order valence-corrected chi connectivity index (χ4v) is 4.20. The largest absolute Gasteiger partial charge is 0.455 e. The summed E-state index contributed by atoms with van der Waals surface area (Å²) >= 11 is 7.80. The molecule has 6 nitrogen and oxygen atoms in total. The Labute approximate surface area is 175 Å². The van der Waals surface area contributed by atoms with E-state index in [1.165, 1.54) is 12.5 Å². The van der Waals surface area contributed by atoms with Crippen LogP contribution < -0.4 is 10.5 Å². The van der Waals surface area contributed by atoms with Crippen molar-refractivity contribution in [2.75, 3.05) is 5.73 Å². The second-order valence-corrected chi connectivity index (χ2v) is 7.74. The summed E-state index contributed by atoms with van der Waals surface area (Å²) in [6.45, 7) is 0. The van der Waals surface area contributed by atoms with Crippen molar-refractivity contribution in [3.8, 4) is 22.1 Å². The first-order chi connectivity index (χ1) is 14.2. The van der Waals surface area contributed by atoms with Crippen molar-refractivity contribution in [2.24, 2.45) is 0 Å². The number of rotatable bonds is 4. The maximum atomic E-state index is 6.25. The number of fused-ring (bicyclic) bond motifs is 1. The van der Waals surface area contributed by atoms with Gasteiger partial charge in [0.1, 0.15) is 24.0 Å². The molecule has 0 fully saturated rings. The molecule has 29 heavy (non-hydrogen) atoms. The van der Waals surface area contributed by atoms with Gasteiger partial charge in [0.2, 0.25) is 0 Å². The predicted octanol–water partition coefficient (Wildman–Crippen LogP) is 5.90. The molecule has 1 aromatic carbocycles. The van der Waals surface area contributed by atoms with E-state index in [4.69, 9.17) is 31.5 Å². The normalized spacial score (nSPS) is 13.4. The average Bonchev–Trinajstić information content (AvgIpc) is 3.40. The van der Waals surface area contributed by atoms with Crippen molar-refractivity contribution in [3.05, 3.63) is 78.0 Å². The highest BCUT2D eigenvalue weighted by molar-refractivity contribution is 7.22. The highest BCUT2D eigenvalue weighted by Crippen LogP contribution is 2.40. The molecule has 1 aliphatic heterocycles. The van der Waals surface area contributed by atoms with Crippen LogP contribution in [0.2, 0.25) is 5.02 Å². The number of pyridine rings is 2. The number of nitrogens with two attached hydrogens (primary N) is 1. The lowest BCUT2D eigenvalue weighted by Crippen LogP contribution is -1.98. The van der Waals surface area contributed by atoms with E-state index < -0.39 is 6.29 Å². The Kier molecular flexibility index (Phi) is 4.46. The third-order valence-electron chi connectivity index (χ3n) is 4.32. The highest BCUT2D eigenvalue weighted by Gasteiger charge is 2.17. The molecular formula is C21H14ClN3O3S. The molecule has 0 unspecified atom stereocenters. The number of ether oxygens (including phenoxy) is 3. The van der Waals surface area contributed by atoms with Gasteiger partial charge in [-0.25, -0.2) is 0 Å². The maximum absolute atomic E-state index is 6.25. The standard InChI is InChI=1S/C21H14ClN3O3S/c22-14-9-13(23)2-4-17(14)28-18-5-6-24-16-10-19(29-20(16)18)15-3-1-12(11-25-15)21-26-7-8-27-21/h1-11,21H,23H2. The summed E-state index contributed by atoms with van der Waals surface area (Å²) in [4.78, 5) is 9.97. The van der Waals surface area contributed by atoms with Crippen LogP contribution >= 0.6 is 22.9 Å². The lowest BCUT2D eigenvalue weighted by molar-refractivity contribution is -0.0248. The number of nitrogens with zero attached hydrogens (tertiary/aromatic N) is 2. The topological polar surface area (TPSA) is 79.5 Å². The molecule has 3 aromatic heterocycles. The zero-order chi connectivity index (χ0) is 19.8. The summed E-state index contributed by atoms with van der Waals surface area (Å²) in [5.74, 6) is 1.21. The van der Waals surface area contributed by atoms with E-state index in [0.717, 1.165) is 26.4 Å². The van der Waals surface area contributed by atoms with Crippen LogP contribution in [0.4, 0.5) is 5.69 Å². The summed E-state index contributed by atoms with van der Waals surface area (Å²) < 4.78 is 17.6. The minimum atomic E-state index is -0.440. The van der Waals surface area contributed by atoms with Gasteiger partial charge in [-0.3, -0.25) is 9.97 Å². The zero-order valence-electron chi connectivity index (χ0n) is 14.9. The Bertz CT molecular complexity index is 1220. The van der Waals surface area contributed by atoms with E-state index in [2.05, 4.69) is 9.97 Å². The van der Waals surface area contributed by atoms with Crippen LogP contribution in [0.3, 0.4) is 0 Å². The lowest BCUT2D eigenvalue weighted by Gasteiger charge is -2.09. The van der Waals surface area contributed by atoms with E-state index in [1.807, 2.05) is 24.3 Å². The van der Waals surface area contributed by atoms with Gasteiger partial charge >= 0.3 is 0 Å². The molecule has 4 heterocycles. The Morgan fingerprint density at radius 3 is 2.62 bits per heavy atom. The van der Waals surface area contributed by atoms with Gasteiger partial charge in [-0.05, 0) is 36.4 Å². The smallest absolute Gasteiger partial charge is 0.267 e. The molecule has 0 bridgehead atoms. The van der Waals surface area contributed by atoms with Crippen LogP contribution in [0.15, 0.2) is 67.4 Å². The minimum absolute atomic E-state index is 0.440. The minimum Gasteiger partial charge on any atom is -0.455 e. The van der Waals surface area contributed by atoms with Crippen LogP contribution in [0.5, 0.6) is 11.5 Å². The van der Waals surface area contributed by atoms with E-state index in [0.29, 0.717) is 22.2 Å². The quantitative estimate of drug-likeness (QED) is 0.411. The monoisotopic (exact) mass is 423 g/mol. The van der Waals surface area contributed by atoms with Gasteiger partial charge in [0.05, 0.1) is 31.4 Å². The zero-order valence-corrected chi connectivity index (χ0v) is 16.5. The number of thiophene rings is 1. The number of nitrogen functional groups attached to an aromatic ring is 1. The van der Waals surface area contributed by atoms with Gasteiger partial charge < -0.3 is 19.9 Å². The molecular weight excluding hydrogens is 410 g/mol. The molecule has 1 aliphatic rings. The van der Waals surface area contributed by atoms with Gasteiger partial charge in [-0.15, -0.1) is 11.3 Å². The summed E-state index contributed by atoms with van der Waals surface area (Å²) in [6, 6.07) is 12.8. The van der Waals surface area contributed by atoms with E-state index in [-0.39, 0.29) is 0 Å². The number of hydrogen-bond acceptors (Lipinski definition) is 7. The molecule has 0 spiro atoms. The maximum Gasteiger partial charge on any atom is 0.267 e. The van der Waals surface area contributed by atoms with Gasteiger partial charge in [-0.1, -0.05) is 11.6 Å². The third-order valence-corrected chi connectivity index (χ3v) is 5.78. The fraction of sp³-hybridized carbons (Fsp3) is 0.0476. The first-order valence-corrected chi connectivity index (χ1v) is 9.90. The second-order valence-electron chi connectivity index (χ2n) is 6.28. The highest BCUT2D eigenvalue weighted by atomic mass is 35.5. The van der Waals surface area contributed by atoms with Gasteiger partial charge in [-0.2, -0.15) is 0 Å². The van der Waals surface area contributed by atoms with Crippen LogP contribution in [-0.4, -0.2) is 9.97 Å². The van der Waals surface area contributed by atoms with Gasteiger partial charge in [0.25, 0.3) is 6.29 Å². The summed E-state index contributed by atoms with van der Waals surface area (Å²) in [5, 5.41) is 0.454. The Morgan fingerprint density at radius 1 is 1.00 bits per heavy atom. The second kappa shape index (κ2) is 7.27. The van der Waals surface area contributed by atoms with Crippen molar-refractivity contribution in [1.29, 1.82) is 0 Å². The van der Waals surface area contributed by atoms with Gasteiger partial charge in [0.15, 0.2) is 0 Å². The Morgan fingerprint density at radius 2 is 1.86 bits per heavy atom. The van der Waals surface area contributed by atoms with Crippen LogP contribution in [0.25, 0.3) is 20.8 Å². The number of benzene rings is 1. The van der Waals surface area contributed by atoms with Crippen LogP contribution in [0.1, 0.15) is 11.9 Å². The molecule has 0 atom stereocenters. The van der Waals surface area contributed by atoms with E-state index in [9.17, 15) is 0 Å². The molecule has 2 N–H and O–H groups in total. The summed E-state index contributed by atoms with van der Waals surface area (Å²) in [6.07, 6.45) is 6.05. The molecule has 0 radical (unpaired) electrons. The first kappa shape index (κ1) is 17.8. The molecule has 0 saturated heterocycles. The molecule has 0 aliphatic carbocycles. The summed E-state index contributed by atoms with van der Waals surface area (Å²) in [5.41, 5.74) is 8.84. The van der Waals surface area contributed by atoms with Crippen molar-refractivity contribution in [1.82, 2.24) is 9.97 Å². The molecule has 0 saturated carbocycles. The van der Waals surface area contributed by atoms with Crippen molar-refractivity contribution < 1.29 is 14.2 Å². The number of anilines is 1. The van der Waals surface area contributed by atoms with Crippen LogP contribution in [0, 0.1) is 0 Å². The molecule has 4 aromatic rings. The molecule has 5 rings (SSSR count). The SMILES string of the molecule is Nc1ccc(Oc2ccnc3cc(-c4ccc(C5OC=CO5)cn4)sc23)c(Cl)c1. The van der Waals surface area contributed by atoms with E-state index >= 15 is 0 Å². The lowest BCUT2D eigenvalue weighted by atomic mass is 10.2. The average molecular weight is 424 g/mol. The van der Waals surface area contributed by atoms with Crippen LogP contribution in [-0.2, 0) is 9.47 Å². The fourth-order valence-electron chi connectivity index (χ4n) is 2.93. The molecule has 144 valence electrons. The predicted molar refractivity (Wildman–Crippen MR) is 113 cm³/mol. The summed E-state index contributed by atoms with van der Waals surface area (Å²) in [7, 11) is 0. The Hall–Kier alpha value is -3.29. The molecule has 0 amide bonds. The number of halogens is 1. The van der Waals surface area contributed by atoms with E-state index in [1.54, 1.807) is 41.9 Å². The van der Waals surface area contributed by atoms with Crippen molar-refractivity contribution in [3.63, 3.8) is 0 Å². The van der Waals surface area contributed by atoms with Crippen molar-refractivity contribution in [2.45, 2.75) is 6.29 Å². The number of hydrogen-bond donors (Lipinski definition) is 1. The molecule has 8 heteroatoms. The Balaban J connectivity index is 1.46. The third kappa shape index (κ3) is 3.46. The number of aromatic nitrogens is 2.